The second kappa shape index (κ2) is 6.29. The summed E-state index contributed by atoms with van der Waals surface area (Å²) in [6.45, 7) is 0. The number of carbonyl (C=O) groups is 1. The Morgan fingerprint density at radius 3 is 2.70 bits per heavy atom. The highest BCUT2D eigenvalue weighted by Crippen LogP contribution is 2.35. The molecule has 6 nitrogen and oxygen atoms in total. The van der Waals surface area contributed by atoms with E-state index in [0.717, 1.165) is 5.69 Å². The van der Waals surface area contributed by atoms with Gasteiger partial charge in [0.1, 0.15) is 11.5 Å². The third kappa shape index (κ3) is 3.21. The van der Waals surface area contributed by atoms with Crippen LogP contribution in [0.4, 0.5) is 5.69 Å². The number of rotatable bonds is 5. The quantitative estimate of drug-likeness (QED) is 0.887. The highest BCUT2D eigenvalue weighted by Gasteiger charge is 2.13. The topological polar surface area (TPSA) is 76.2 Å². The zero-order chi connectivity index (χ0) is 14.5. The number of halogens is 1. The molecular formula is C13H14ClN3O3. The van der Waals surface area contributed by atoms with Crippen LogP contribution in [0, 0.1) is 0 Å². The predicted molar refractivity (Wildman–Crippen MR) is 75.5 cm³/mol. The third-order valence-electron chi connectivity index (χ3n) is 2.66. The van der Waals surface area contributed by atoms with Crippen molar-refractivity contribution in [3.63, 3.8) is 0 Å². The highest BCUT2D eigenvalue weighted by atomic mass is 35.5. The lowest BCUT2D eigenvalue weighted by Gasteiger charge is -2.12. The molecule has 1 amide bonds. The summed E-state index contributed by atoms with van der Waals surface area (Å²) in [5, 5.41) is 9.68. The Hall–Kier alpha value is -2.21. The average Bonchev–Trinajstić information content (AvgIpc) is 2.92. The average molecular weight is 296 g/mol. The van der Waals surface area contributed by atoms with E-state index in [9.17, 15) is 4.79 Å². The van der Waals surface area contributed by atoms with Gasteiger partial charge in [0, 0.05) is 24.0 Å². The van der Waals surface area contributed by atoms with Gasteiger partial charge in [0.2, 0.25) is 5.91 Å². The van der Waals surface area contributed by atoms with Crippen LogP contribution in [0.1, 0.15) is 5.69 Å². The van der Waals surface area contributed by atoms with Gasteiger partial charge in [0.05, 0.1) is 31.4 Å². The predicted octanol–water partition coefficient (Wildman–Crippen LogP) is 2.26. The van der Waals surface area contributed by atoms with Gasteiger partial charge in [-0.2, -0.15) is 5.10 Å². The van der Waals surface area contributed by atoms with Gasteiger partial charge in [-0.3, -0.25) is 9.89 Å². The number of aromatic amines is 1. The zero-order valence-electron chi connectivity index (χ0n) is 11.1. The van der Waals surface area contributed by atoms with Gasteiger partial charge in [0.25, 0.3) is 0 Å². The number of methoxy groups -OCH3 is 2. The van der Waals surface area contributed by atoms with E-state index >= 15 is 0 Å². The van der Waals surface area contributed by atoms with E-state index in [1.54, 1.807) is 24.4 Å². The number of ether oxygens (including phenoxy) is 2. The Bertz CT molecular complexity index is 599. The van der Waals surface area contributed by atoms with Crippen LogP contribution in [0.2, 0.25) is 5.02 Å². The molecule has 20 heavy (non-hydrogen) atoms. The molecule has 1 heterocycles. The van der Waals surface area contributed by atoms with Crippen molar-refractivity contribution in [1.29, 1.82) is 0 Å². The molecule has 0 atom stereocenters. The monoisotopic (exact) mass is 295 g/mol. The summed E-state index contributed by atoms with van der Waals surface area (Å²) in [6, 6.07) is 4.94. The van der Waals surface area contributed by atoms with Gasteiger partial charge >= 0.3 is 0 Å². The number of H-pyrrole nitrogens is 1. The molecule has 0 aliphatic rings. The molecule has 106 valence electrons. The lowest BCUT2D eigenvalue weighted by molar-refractivity contribution is -0.115. The Balaban J connectivity index is 2.17. The summed E-state index contributed by atoms with van der Waals surface area (Å²) in [6.07, 6.45) is 1.78. The Labute approximate surface area is 121 Å². The summed E-state index contributed by atoms with van der Waals surface area (Å²) in [7, 11) is 3.01. The van der Waals surface area contributed by atoms with Crippen molar-refractivity contribution in [2.45, 2.75) is 6.42 Å². The van der Waals surface area contributed by atoms with Crippen LogP contribution in [0.25, 0.3) is 0 Å². The minimum Gasteiger partial charge on any atom is -0.495 e. The van der Waals surface area contributed by atoms with Crippen molar-refractivity contribution in [1.82, 2.24) is 10.2 Å². The van der Waals surface area contributed by atoms with Gasteiger partial charge in [-0.1, -0.05) is 11.6 Å². The van der Waals surface area contributed by atoms with Crippen LogP contribution < -0.4 is 14.8 Å². The Morgan fingerprint density at radius 2 is 2.10 bits per heavy atom. The first kappa shape index (κ1) is 14.2. The first-order chi connectivity index (χ1) is 9.63. The van der Waals surface area contributed by atoms with Crippen molar-refractivity contribution in [3.8, 4) is 11.5 Å². The number of nitrogens with one attached hydrogen (secondary N) is 2. The van der Waals surface area contributed by atoms with E-state index in [4.69, 9.17) is 21.1 Å². The minimum atomic E-state index is -0.197. The van der Waals surface area contributed by atoms with Gasteiger partial charge in [0.15, 0.2) is 0 Å². The third-order valence-corrected chi connectivity index (χ3v) is 2.95. The summed E-state index contributed by atoms with van der Waals surface area (Å²) in [4.78, 5) is 11.9. The molecule has 0 aliphatic carbocycles. The van der Waals surface area contributed by atoms with Gasteiger partial charge < -0.3 is 14.8 Å². The maximum Gasteiger partial charge on any atom is 0.230 e. The van der Waals surface area contributed by atoms with Crippen molar-refractivity contribution >= 4 is 23.2 Å². The van der Waals surface area contributed by atoms with Gasteiger partial charge in [-0.15, -0.1) is 0 Å². The number of hydrogen-bond donors (Lipinski definition) is 2. The highest BCUT2D eigenvalue weighted by molar-refractivity contribution is 6.32. The summed E-state index contributed by atoms with van der Waals surface area (Å²) in [5.74, 6) is 0.731. The number of carbonyl (C=O) groups excluding carboxylic acids is 1. The molecule has 2 aromatic rings. The number of aromatic nitrogens is 2. The van der Waals surface area contributed by atoms with Crippen LogP contribution in [-0.2, 0) is 11.2 Å². The van der Waals surface area contributed by atoms with Gasteiger partial charge in [-0.05, 0) is 6.07 Å². The van der Waals surface area contributed by atoms with E-state index < -0.39 is 0 Å². The van der Waals surface area contributed by atoms with Crippen molar-refractivity contribution in [2.24, 2.45) is 0 Å². The first-order valence-electron chi connectivity index (χ1n) is 5.83. The molecule has 0 radical (unpaired) electrons. The molecule has 0 bridgehead atoms. The standard InChI is InChI=1S/C13H14ClN3O3/c1-19-11-7-10(12(20-2)6-9(11)14)16-13(18)5-8-3-4-15-17-8/h3-4,6-7H,5H2,1-2H3,(H,15,17)(H,16,18). The van der Waals surface area contributed by atoms with Gasteiger partial charge in [-0.25, -0.2) is 0 Å². The van der Waals surface area contributed by atoms with Crippen molar-refractivity contribution < 1.29 is 14.3 Å². The van der Waals surface area contributed by atoms with E-state index in [1.165, 1.54) is 14.2 Å². The normalized spacial score (nSPS) is 10.2. The summed E-state index contributed by atoms with van der Waals surface area (Å²) >= 11 is 6.00. The molecule has 1 aromatic carbocycles. The number of amides is 1. The van der Waals surface area contributed by atoms with Crippen LogP contribution in [-0.4, -0.2) is 30.3 Å². The van der Waals surface area contributed by atoms with Crippen LogP contribution in [0.5, 0.6) is 11.5 Å². The largest absolute Gasteiger partial charge is 0.495 e. The molecule has 0 saturated heterocycles. The molecule has 0 fully saturated rings. The lowest BCUT2D eigenvalue weighted by Crippen LogP contribution is -2.15. The number of benzene rings is 1. The fourth-order valence-corrected chi connectivity index (χ4v) is 1.94. The number of anilines is 1. The molecule has 0 spiro atoms. The molecular weight excluding hydrogens is 282 g/mol. The maximum absolute atomic E-state index is 11.9. The smallest absolute Gasteiger partial charge is 0.230 e. The van der Waals surface area contributed by atoms with Crippen LogP contribution in [0.3, 0.4) is 0 Å². The lowest BCUT2D eigenvalue weighted by atomic mass is 10.2. The number of hydrogen-bond acceptors (Lipinski definition) is 4. The SMILES string of the molecule is COc1cc(NC(=O)Cc2ccn[nH]2)c(OC)cc1Cl. The first-order valence-corrected chi connectivity index (χ1v) is 6.21. The molecule has 1 aromatic heterocycles. The van der Waals surface area contributed by atoms with E-state index in [0.29, 0.717) is 22.2 Å². The van der Waals surface area contributed by atoms with Crippen LogP contribution in [0.15, 0.2) is 24.4 Å². The van der Waals surface area contributed by atoms with Crippen molar-refractivity contribution in [3.05, 3.63) is 35.1 Å². The fraction of sp³-hybridized carbons (Fsp3) is 0.231. The molecule has 0 saturated carbocycles. The van der Waals surface area contributed by atoms with Crippen molar-refractivity contribution in [2.75, 3.05) is 19.5 Å². The summed E-state index contributed by atoms with van der Waals surface area (Å²) in [5.41, 5.74) is 1.22. The fourth-order valence-electron chi connectivity index (χ4n) is 1.71. The summed E-state index contributed by atoms with van der Waals surface area (Å²) < 4.78 is 10.3. The Kier molecular flexibility index (Phi) is 4.47. The Morgan fingerprint density at radius 1 is 1.35 bits per heavy atom. The number of nitrogens with zero attached hydrogens (tertiary/aromatic N) is 1. The van der Waals surface area contributed by atoms with E-state index in [-0.39, 0.29) is 12.3 Å². The van der Waals surface area contributed by atoms with Crippen LogP contribution >= 0.6 is 11.6 Å². The zero-order valence-corrected chi connectivity index (χ0v) is 11.8. The second-order valence-corrected chi connectivity index (χ2v) is 4.40. The molecule has 0 unspecified atom stereocenters. The molecule has 7 heteroatoms. The molecule has 2 N–H and O–H groups in total. The molecule has 2 rings (SSSR count). The molecule has 0 aliphatic heterocycles. The minimum absolute atomic E-state index is 0.189. The van der Waals surface area contributed by atoms with E-state index in [1.807, 2.05) is 0 Å². The second-order valence-electron chi connectivity index (χ2n) is 3.99. The van der Waals surface area contributed by atoms with E-state index in [2.05, 4.69) is 15.5 Å². The maximum atomic E-state index is 11.9.